The highest BCUT2D eigenvalue weighted by molar-refractivity contribution is 5.94. The summed E-state index contributed by atoms with van der Waals surface area (Å²) < 4.78 is 0. The molecule has 0 aliphatic carbocycles. The zero-order valence-corrected chi connectivity index (χ0v) is 10.5. The number of carbonyl (C=O) groups is 1. The third kappa shape index (κ3) is 3.43. The van der Waals surface area contributed by atoms with Crippen LogP contribution in [0.25, 0.3) is 0 Å². The third-order valence-electron chi connectivity index (χ3n) is 2.65. The van der Waals surface area contributed by atoms with Gasteiger partial charge in [0.05, 0.1) is 0 Å². The Bertz CT molecular complexity index is 382. The SMILES string of the molecule is C=CCN(C(=O)c1ccc(CN)cc1)C(C)C. The molecule has 92 valence electrons. The van der Waals surface area contributed by atoms with Crippen molar-refractivity contribution in [3.8, 4) is 0 Å². The van der Waals surface area contributed by atoms with Crippen LogP contribution in [0, 0.1) is 0 Å². The maximum atomic E-state index is 12.2. The third-order valence-corrected chi connectivity index (χ3v) is 2.65. The van der Waals surface area contributed by atoms with E-state index in [-0.39, 0.29) is 11.9 Å². The Balaban J connectivity index is 2.88. The van der Waals surface area contributed by atoms with Crippen molar-refractivity contribution in [2.75, 3.05) is 6.54 Å². The number of hydrogen-bond donors (Lipinski definition) is 1. The van der Waals surface area contributed by atoms with Crippen molar-refractivity contribution >= 4 is 5.91 Å². The summed E-state index contributed by atoms with van der Waals surface area (Å²) >= 11 is 0. The van der Waals surface area contributed by atoms with E-state index >= 15 is 0 Å². The molecule has 3 nitrogen and oxygen atoms in total. The molecular formula is C14H20N2O. The van der Waals surface area contributed by atoms with E-state index in [1.807, 2.05) is 38.1 Å². The first kappa shape index (κ1) is 13.5. The van der Waals surface area contributed by atoms with E-state index < -0.39 is 0 Å². The standard InChI is InChI=1S/C14H20N2O/c1-4-9-16(11(2)3)14(17)13-7-5-12(10-15)6-8-13/h4-8,11H,1,9-10,15H2,2-3H3. The minimum atomic E-state index is 0.0310. The monoisotopic (exact) mass is 232 g/mol. The van der Waals surface area contributed by atoms with Gasteiger partial charge in [-0.3, -0.25) is 4.79 Å². The normalized spacial score (nSPS) is 10.4. The Morgan fingerprint density at radius 2 is 2.00 bits per heavy atom. The molecule has 0 saturated carbocycles. The van der Waals surface area contributed by atoms with Gasteiger partial charge in [-0.25, -0.2) is 0 Å². The number of nitrogens with zero attached hydrogens (tertiary/aromatic N) is 1. The van der Waals surface area contributed by atoms with Gasteiger partial charge in [0.2, 0.25) is 0 Å². The number of benzene rings is 1. The first-order valence-corrected chi connectivity index (χ1v) is 5.81. The predicted molar refractivity (Wildman–Crippen MR) is 70.7 cm³/mol. The molecule has 0 aliphatic rings. The minimum absolute atomic E-state index is 0.0310. The fraction of sp³-hybridized carbons (Fsp3) is 0.357. The van der Waals surface area contributed by atoms with Gasteiger partial charge in [0, 0.05) is 24.7 Å². The van der Waals surface area contributed by atoms with Crippen LogP contribution in [0.1, 0.15) is 29.8 Å². The molecule has 2 N–H and O–H groups in total. The van der Waals surface area contributed by atoms with Gasteiger partial charge in [-0.1, -0.05) is 18.2 Å². The zero-order chi connectivity index (χ0) is 12.8. The molecule has 0 bridgehead atoms. The molecule has 1 aromatic carbocycles. The minimum Gasteiger partial charge on any atom is -0.333 e. The van der Waals surface area contributed by atoms with E-state index in [1.165, 1.54) is 0 Å². The van der Waals surface area contributed by atoms with Crippen LogP contribution in [0.2, 0.25) is 0 Å². The Kier molecular flexibility index (Phi) is 4.91. The van der Waals surface area contributed by atoms with E-state index in [0.29, 0.717) is 18.7 Å². The maximum Gasteiger partial charge on any atom is 0.254 e. The molecule has 0 aromatic heterocycles. The van der Waals surface area contributed by atoms with Crippen molar-refractivity contribution in [1.29, 1.82) is 0 Å². The van der Waals surface area contributed by atoms with E-state index in [1.54, 1.807) is 11.0 Å². The van der Waals surface area contributed by atoms with Gasteiger partial charge in [-0.15, -0.1) is 6.58 Å². The largest absolute Gasteiger partial charge is 0.333 e. The van der Waals surface area contributed by atoms with Crippen molar-refractivity contribution in [2.24, 2.45) is 5.73 Å². The predicted octanol–water partition coefficient (Wildman–Crippen LogP) is 2.18. The Morgan fingerprint density at radius 3 is 2.41 bits per heavy atom. The molecule has 1 amide bonds. The van der Waals surface area contributed by atoms with Gasteiger partial charge in [-0.2, -0.15) is 0 Å². The molecule has 3 heteroatoms. The van der Waals surface area contributed by atoms with Crippen LogP contribution in [0.4, 0.5) is 0 Å². The topological polar surface area (TPSA) is 46.3 Å². The Labute approximate surface area is 103 Å². The second-order valence-corrected chi connectivity index (χ2v) is 4.24. The molecular weight excluding hydrogens is 212 g/mol. The summed E-state index contributed by atoms with van der Waals surface area (Å²) in [6.45, 7) is 8.73. The van der Waals surface area contributed by atoms with Crippen molar-refractivity contribution in [3.05, 3.63) is 48.0 Å². The average Bonchev–Trinajstić information content (AvgIpc) is 2.35. The lowest BCUT2D eigenvalue weighted by Gasteiger charge is -2.25. The van der Waals surface area contributed by atoms with E-state index in [9.17, 15) is 4.79 Å². The Hall–Kier alpha value is -1.61. The van der Waals surface area contributed by atoms with Gasteiger partial charge in [0.1, 0.15) is 0 Å². The smallest absolute Gasteiger partial charge is 0.254 e. The van der Waals surface area contributed by atoms with E-state index in [4.69, 9.17) is 5.73 Å². The lowest BCUT2D eigenvalue weighted by Crippen LogP contribution is -2.37. The number of hydrogen-bond acceptors (Lipinski definition) is 2. The van der Waals surface area contributed by atoms with Crippen LogP contribution in [-0.4, -0.2) is 23.4 Å². The molecule has 0 atom stereocenters. The van der Waals surface area contributed by atoms with Crippen LogP contribution < -0.4 is 5.73 Å². The molecule has 0 heterocycles. The summed E-state index contributed by atoms with van der Waals surface area (Å²) in [5.41, 5.74) is 7.24. The highest BCUT2D eigenvalue weighted by Crippen LogP contribution is 2.10. The zero-order valence-electron chi connectivity index (χ0n) is 10.5. The highest BCUT2D eigenvalue weighted by atomic mass is 16.2. The molecule has 1 aromatic rings. The molecule has 1 rings (SSSR count). The van der Waals surface area contributed by atoms with Gasteiger partial charge in [-0.05, 0) is 31.5 Å². The van der Waals surface area contributed by atoms with Crippen LogP contribution >= 0.6 is 0 Å². The first-order valence-electron chi connectivity index (χ1n) is 5.81. The van der Waals surface area contributed by atoms with Crippen molar-refractivity contribution in [3.63, 3.8) is 0 Å². The van der Waals surface area contributed by atoms with E-state index in [0.717, 1.165) is 5.56 Å². The average molecular weight is 232 g/mol. The van der Waals surface area contributed by atoms with Crippen LogP contribution in [-0.2, 0) is 6.54 Å². The Morgan fingerprint density at radius 1 is 1.41 bits per heavy atom. The summed E-state index contributed by atoms with van der Waals surface area (Å²) in [5, 5.41) is 0. The second kappa shape index (κ2) is 6.21. The van der Waals surface area contributed by atoms with Crippen LogP contribution in [0.5, 0.6) is 0 Å². The number of amides is 1. The van der Waals surface area contributed by atoms with E-state index in [2.05, 4.69) is 6.58 Å². The number of rotatable bonds is 5. The van der Waals surface area contributed by atoms with Crippen molar-refractivity contribution < 1.29 is 4.79 Å². The molecule has 0 spiro atoms. The summed E-state index contributed by atoms with van der Waals surface area (Å²) in [6.07, 6.45) is 1.74. The van der Waals surface area contributed by atoms with Crippen molar-refractivity contribution in [1.82, 2.24) is 4.90 Å². The van der Waals surface area contributed by atoms with Crippen LogP contribution in [0.3, 0.4) is 0 Å². The lowest BCUT2D eigenvalue weighted by molar-refractivity contribution is 0.0729. The van der Waals surface area contributed by atoms with Crippen molar-refractivity contribution in [2.45, 2.75) is 26.4 Å². The fourth-order valence-electron chi connectivity index (χ4n) is 1.62. The van der Waals surface area contributed by atoms with Crippen LogP contribution in [0.15, 0.2) is 36.9 Å². The number of carbonyl (C=O) groups excluding carboxylic acids is 1. The molecule has 0 aliphatic heterocycles. The number of nitrogens with two attached hydrogens (primary N) is 1. The second-order valence-electron chi connectivity index (χ2n) is 4.24. The quantitative estimate of drug-likeness (QED) is 0.791. The first-order chi connectivity index (χ1) is 8.10. The maximum absolute atomic E-state index is 12.2. The van der Waals surface area contributed by atoms with Gasteiger partial charge >= 0.3 is 0 Å². The highest BCUT2D eigenvalue weighted by Gasteiger charge is 2.16. The molecule has 0 fully saturated rings. The lowest BCUT2D eigenvalue weighted by atomic mass is 10.1. The molecule has 0 radical (unpaired) electrons. The van der Waals surface area contributed by atoms with Gasteiger partial charge < -0.3 is 10.6 Å². The van der Waals surface area contributed by atoms with Gasteiger partial charge in [0.15, 0.2) is 0 Å². The summed E-state index contributed by atoms with van der Waals surface area (Å²) in [5.74, 6) is 0.0310. The molecule has 17 heavy (non-hydrogen) atoms. The summed E-state index contributed by atoms with van der Waals surface area (Å²) in [6, 6.07) is 7.58. The molecule has 0 saturated heterocycles. The van der Waals surface area contributed by atoms with Gasteiger partial charge in [0.25, 0.3) is 5.91 Å². The summed E-state index contributed by atoms with van der Waals surface area (Å²) in [7, 11) is 0. The fourth-order valence-corrected chi connectivity index (χ4v) is 1.62. The summed E-state index contributed by atoms with van der Waals surface area (Å²) in [4.78, 5) is 14.0. The molecule has 0 unspecified atom stereocenters.